The molecule has 0 aliphatic carbocycles. The zero-order valence-corrected chi connectivity index (χ0v) is 28.1. The number of fused-ring (bicyclic) bond motifs is 11. The molecule has 6 heterocycles. The lowest BCUT2D eigenvalue weighted by Crippen LogP contribution is -2.67. The second-order valence-electron chi connectivity index (χ2n) is 15.1. The Hall–Kier alpha value is -5.64. The molecule has 4 saturated heterocycles. The molecule has 51 heavy (non-hydrogen) atoms. The van der Waals surface area contributed by atoms with Crippen molar-refractivity contribution >= 4 is 35.0 Å². The molecule has 8 atom stereocenters. The molecule has 6 aliphatic rings. The average molecular weight is 679 g/mol. The fourth-order valence-electron chi connectivity index (χ4n) is 10.5. The predicted octanol–water partition coefficient (Wildman–Crippen LogP) is 3.36. The highest BCUT2D eigenvalue weighted by molar-refractivity contribution is 6.01. The van der Waals surface area contributed by atoms with Crippen LogP contribution in [0.2, 0.25) is 0 Å². The van der Waals surface area contributed by atoms with Crippen LogP contribution in [0.5, 0.6) is 0 Å². The van der Waals surface area contributed by atoms with Gasteiger partial charge in [-0.2, -0.15) is 0 Å². The van der Waals surface area contributed by atoms with Gasteiger partial charge in [0, 0.05) is 24.2 Å². The SMILES string of the molecule is Cc1ccc2c(c1)[C@@]1([C@]34C[C@H]5C(=O)N[C@@H](Cc6ccccc6)C(=O)N5[C@H]3Nc3ccccc34)C[C@H]3C(=O)N[C@@H](Cc4ccccc4)C(=O)N3[C@H]1N2. The molecular formula is C41H38N6O4. The van der Waals surface area contributed by atoms with E-state index in [0.717, 1.165) is 39.2 Å². The lowest BCUT2D eigenvalue weighted by atomic mass is 9.54. The van der Waals surface area contributed by atoms with E-state index >= 15 is 0 Å². The number of hydrogen-bond acceptors (Lipinski definition) is 6. The molecule has 0 bridgehead atoms. The van der Waals surface area contributed by atoms with Crippen LogP contribution in [0.3, 0.4) is 0 Å². The van der Waals surface area contributed by atoms with E-state index < -0.39 is 47.3 Å². The van der Waals surface area contributed by atoms with Crippen LogP contribution in [0.1, 0.15) is 40.7 Å². The van der Waals surface area contributed by atoms with Gasteiger partial charge in [-0.1, -0.05) is 96.6 Å². The van der Waals surface area contributed by atoms with Gasteiger partial charge in [0.1, 0.15) is 36.5 Å². The number of piperazine rings is 2. The number of aryl methyl sites for hydroxylation is 1. The van der Waals surface area contributed by atoms with Crippen molar-refractivity contribution in [3.8, 4) is 0 Å². The van der Waals surface area contributed by atoms with Gasteiger partial charge in [0.25, 0.3) is 0 Å². The van der Waals surface area contributed by atoms with Crippen LogP contribution >= 0.6 is 0 Å². The summed E-state index contributed by atoms with van der Waals surface area (Å²) in [5.41, 5.74) is 5.06. The van der Waals surface area contributed by atoms with E-state index in [0.29, 0.717) is 25.7 Å². The monoisotopic (exact) mass is 678 g/mol. The summed E-state index contributed by atoms with van der Waals surface area (Å²) < 4.78 is 0. The molecular weight excluding hydrogens is 640 g/mol. The Morgan fingerprint density at radius 3 is 1.59 bits per heavy atom. The summed E-state index contributed by atoms with van der Waals surface area (Å²) in [6, 6.07) is 31.0. The van der Waals surface area contributed by atoms with Crippen molar-refractivity contribution in [1.29, 1.82) is 0 Å². The Morgan fingerprint density at radius 1 is 0.569 bits per heavy atom. The van der Waals surface area contributed by atoms with Gasteiger partial charge in [-0.25, -0.2) is 0 Å². The zero-order chi connectivity index (χ0) is 34.6. The van der Waals surface area contributed by atoms with Gasteiger partial charge >= 0.3 is 0 Å². The first kappa shape index (κ1) is 30.2. The van der Waals surface area contributed by atoms with Gasteiger partial charge in [-0.15, -0.1) is 0 Å². The van der Waals surface area contributed by atoms with E-state index in [-0.39, 0.29) is 23.6 Å². The minimum absolute atomic E-state index is 0.132. The summed E-state index contributed by atoms with van der Waals surface area (Å²) in [4.78, 5) is 61.4. The Balaban J connectivity index is 1.14. The number of amides is 4. The van der Waals surface area contributed by atoms with Crippen LogP contribution in [-0.2, 0) is 42.8 Å². The lowest BCUT2D eigenvalue weighted by molar-refractivity contribution is -0.149. The van der Waals surface area contributed by atoms with Crippen LogP contribution in [0.4, 0.5) is 11.4 Å². The van der Waals surface area contributed by atoms with Gasteiger partial charge in [0.2, 0.25) is 23.6 Å². The van der Waals surface area contributed by atoms with Crippen molar-refractivity contribution in [3.63, 3.8) is 0 Å². The quantitative estimate of drug-likeness (QED) is 0.257. The third kappa shape index (κ3) is 3.98. The predicted molar refractivity (Wildman–Crippen MR) is 190 cm³/mol. The lowest BCUT2D eigenvalue weighted by Gasteiger charge is -2.48. The molecule has 10 rings (SSSR count). The van der Waals surface area contributed by atoms with Crippen molar-refractivity contribution in [2.45, 2.75) is 79.9 Å². The van der Waals surface area contributed by atoms with Crippen LogP contribution in [-0.4, -0.2) is 69.9 Å². The molecule has 0 unspecified atom stereocenters. The summed E-state index contributed by atoms with van der Waals surface area (Å²) in [7, 11) is 0. The molecule has 0 saturated carbocycles. The molecule has 4 amide bonds. The Bertz CT molecular complexity index is 2140. The minimum atomic E-state index is -0.870. The first-order chi connectivity index (χ1) is 24.8. The van der Waals surface area contributed by atoms with Gasteiger partial charge in [-0.3, -0.25) is 19.2 Å². The van der Waals surface area contributed by atoms with Crippen molar-refractivity contribution in [2.75, 3.05) is 10.6 Å². The molecule has 10 nitrogen and oxygen atoms in total. The third-order valence-electron chi connectivity index (χ3n) is 12.5. The molecule has 0 radical (unpaired) electrons. The second kappa shape index (κ2) is 10.7. The van der Waals surface area contributed by atoms with Crippen molar-refractivity contribution in [1.82, 2.24) is 20.4 Å². The number of para-hydroxylation sites is 1. The van der Waals surface area contributed by atoms with Crippen molar-refractivity contribution in [3.05, 3.63) is 131 Å². The zero-order valence-electron chi connectivity index (χ0n) is 28.1. The topological polar surface area (TPSA) is 123 Å². The summed E-state index contributed by atoms with van der Waals surface area (Å²) in [5, 5.41) is 13.7. The van der Waals surface area contributed by atoms with E-state index in [1.165, 1.54) is 0 Å². The van der Waals surface area contributed by atoms with E-state index in [4.69, 9.17) is 0 Å². The standard InChI is InChI=1S/C41H38N6O4/c1-23-16-17-29-27(18-23)41(22-33-35(49)43-31(20-25-12-6-3-7-13-25)37(51)47(33)39(41)45-29)40-21-32-34(48)42-30(19-24-10-4-2-5-11-24)36(50)46(32)38(40)44-28-15-9-8-14-26(28)40/h2-18,30-33,38-39,44-45H,19-22H2,1H3,(H,42,48)(H,43,49)/t30-,31-,32-,33-,38+,39+,40-,41-/m0/s1. The first-order valence-corrected chi connectivity index (χ1v) is 17.9. The van der Waals surface area contributed by atoms with Crippen molar-refractivity contribution < 1.29 is 19.2 Å². The highest BCUT2D eigenvalue weighted by atomic mass is 16.2. The number of benzene rings is 4. The second-order valence-corrected chi connectivity index (χ2v) is 15.1. The molecule has 4 aromatic rings. The number of carbonyl (C=O) groups is 4. The molecule has 6 aliphatic heterocycles. The van der Waals surface area contributed by atoms with E-state index in [1.54, 1.807) is 9.80 Å². The van der Waals surface area contributed by atoms with Crippen LogP contribution in [0, 0.1) is 6.92 Å². The number of rotatable bonds is 5. The highest BCUT2D eigenvalue weighted by Crippen LogP contribution is 2.69. The number of nitrogens with zero attached hydrogens (tertiary/aromatic N) is 2. The maximum Gasteiger partial charge on any atom is 0.247 e. The van der Waals surface area contributed by atoms with E-state index in [1.807, 2.05) is 78.9 Å². The van der Waals surface area contributed by atoms with Crippen LogP contribution < -0.4 is 21.3 Å². The van der Waals surface area contributed by atoms with E-state index in [9.17, 15) is 19.2 Å². The van der Waals surface area contributed by atoms with Gasteiger partial charge in [-0.05, 0) is 54.2 Å². The number of hydrogen-bond donors (Lipinski definition) is 4. The van der Waals surface area contributed by atoms with Crippen LogP contribution in [0.25, 0.3) is 0 Å². The summed E-state index contributed by atoms with van der Waals surface area (Å²) in [5.74, 6) is -0.627. The normalized spacial score (nSPS) is 32.5. The largest absolute Gasteiger partial charge is 0.364 e. The Morgan fingerprint density at radius 2 is 1.04 bits per heavy atom. The van der Waals surface area contributed by atoms with Gasteiger partial charge in [0.05, 0.1) is 10.8 Å². The summed E-state index contributed by atoms with van der Waals surface area (Å²) in [6.45, 7) is 2.05. The fourth-order valence-corrected chi connectivity index (χ4v) is 10.5. The molecule has 4 aromatic carbocycles. The van der Waals surface area contributed by atoms with Gasteiger partial charge < -0.3 is 31.1 Å². The molecule has 4 N–H and O–H groups in total. The minimum Gasteiger partial charge on any atom is -0.364 e. The third-order valence-corrected chi connectivity index (χ3v) is 12.5. The number of carbonyl (C=O) groups excluding carboxylic acids is 4. The highest BCUT2D eigenvalue weighted by Gasteiger charge is 2.78. The summed E-state index contributed by atoms with van der Waals surface area (Å²) >= 11 is 0. The average Bonchev–Trinajstić information content (AvgIpc) is 3.85. The van der Waals surface area contributed by atoms with E-state index in [2.05, 4.69) is 52.5 Å². The van der Waals surface area contributed by atoms with Crippen LogP contribution in [0.15, 0.2) is 103 Å². The molecule has 10 heteroatoms. The van der Waals surface area contributed by atoms with Crippen molar-refractivity contribution in [2.24, 2.45) is 0 Å². The maximum atomic E-state index is 14.7. The molecule has 0 spiro atoms. The maximum absolute atomic E-state index is 14.7. The first-order valence-electron chi connectivity index (χ1n) is 17.9. The molecule has 0 aromatic heterocycles. The Labute approximate surface area is 295 Å². The fraction of sp³-hybridized carbons (Fsp3) is 0.317. The summed E-state index contributed by atoms with van der Waals surface area (Å²) in [6.07, 6.45) is 0.260. The molecule has 256 valence electrons. The van der Waals surface area contributed by atoms with Gasteiger partial charge in [0.15, 0.2) is 0 Å². The molecule has 4 fully saturated rings. The smallest absolute Gasteiger partial charge is 0.247 e. The number of anilines is 2. The Kier molecular flexibility index (Phi) is 6.33. The number of nitrogens with one attached hydrogen (secondary N) is 4.